The molecule has 0 saturated heterocycles. The van der Waals surface area contributed by atoms with Crippen LogP contribution >= 0.6 is 0 Å². The number of anilines is 1. The second kappa shape index (κ2) is 3.84. The number of aromatic nitrogens is 4. The standard InChI is InChI=1S/C8H10N6/c9-13-8-5-10-7(4-11-8)6-14-3-1-2-12-14/h1-5H,6,9H2,(H,11,13). The monoisotopic (exact) mass is 190 g/mol. The molecule has 6 nitrogen and oxygen atoms in total. The van der Waals surface area contributed by atoms with Crippen molar-refractivity contribution in [1.29, 1.82) is 0 Å². The summed E-state index contributed by atoms with van der Waals surface area (Å²) >= 11 is 0. The van der Waals surface area contributed by atoms with Gasteiger partial charge in [0.15, 0.2) is 5.82 Å². The lowest BCUT2D eigenvalue weighted by atomic mass is 10.4. The Bertz CT molecular complexity index is 379. The lowest BCUT2D eigenvalue weighted by molar-refractivity contribution is 0.670. The number of hydrogen-bond donors (Lipinski definition) is 2. The van der Waals surface area contributed by atoms with E-state index >= 15 is 0 Å². The summed E-state index contributed by atoms with van der Waals surface area (Å²) in [4.78, 5) is 8.20. The molecule has 0 aliphatic heterocycles. The van der Waals surface area contributed by atoms with Crippen molar-refractivity contribution in [3.63, 3.8) is 0 Å². The molecule has 14 heavy (non-hydrogen) atoms. The van der Waals surface area contributed by atoms with Gasteiger partial charge in [-0.05, 0) is 6.07 Å². The largest absolute Gasteiger partial charge is 0.307 e. The van der Waals surface area contributed by atoms with E-state index in [2.05, 4.69) is 20.5 Å². The number of nitrogens with zero attached hydrogens (tertiary/aromatic N) is 4. The summed E-state index contributed by atoms with van der Waals surface area (Å²) in [6.07, 6.45) is 6.84. The molecule has 0 aromatic carbocycles. The first-order valence-corrected chi connectivity index (χ1v) is 4.13. The Balaban J connectivity index is 2.10. The Morgan fingerprint density at radius 1 is 1.36 bits per heavy atom. The van der Waals surface area contributed by atoms with Crippen LogP contribution in [0.25, 0.3) is 0 Å². The van der Waals surface area contributed by atoms with E-state index in [4.69, 9.17) is 5.84 Å². The predicted octanol–water partition coefficient (Wildman–Crippen LogP) is 0.00700. The number of rotatable bonds is 3. The van der Waals surface area contributed by atoms with Crippen molar-refractivity contribution in [2.45, 2.75) is 6.54 Å². The van der Waals surface area contributed by atoms with Crippen LogP contribution in [0.4, 0.5) is 5.82 Å². The van der Waals surface area contributed by atoms with Gasteiger partial charge in [-0.1, -0.05) is 0 Å². The van der Waals surface area contributed by atoms with Gasteiger partial charge >= 0.3 is 0 Å². The van der Waals surface area contributed by atoms with Crippen molar-refractivity contribution < 1.29 is 0 Å². The minimum Gasteiger partial charge on any atom is -0.307 e. The number of hydrazine groups is 1. The van der Waals surface area contributed by atoms with E-state index in [9.17, 15) is 0 Å². The van der Waals surface area contributed by atoms with Gasteiger partial charge in [0.25, 0.3) is 0 Å². The lowest BCUT2D eigenvalue weighted by Gasteiger charge is -2.01. The molecule has 0 atom stereocenters. The molecule has 2 aromatic heterocycles. The van der Waals surface area contributed by atoms with Crippen LogP contribution in [0.5, 0.6) is 0 Å². The van der Waals surface area contributed by atoms with Gasteiger partial charge in [0, 0.05) is 12.4 Å². The van der Waals surface area contributed by atoms with E-state index in [1.807, 2.05) is 12.3 Å². The van der Waals surface area contributed by atoms with Gasteiger partial charge in [-0.3, -0.25) is 9.67 Å². The molecule has 2 rings (SSSR count). The normalized spacial score (nSPS) is 10.1. The van der Waals surface area contributed by atoms with Gasteiger partial charge in [0.05, 0.1) is 24.6 Å². The van der Waals surface area contributed by atoms with Crippen molar-refractivity contribution in [3.05, 3.63) is 36.5 Å². The van der Waals surface area contributed by atoms with Gasteiger partial charge in [0.1, 0.15) is 0 Å². The van der Waals surface area contributed by atoms with Crippen LogP contribution < -0.4 is 11.3 Å². The third kappa shape index (κ3) is 1.86. The van der Waals surface area contributed by atoms with E-state index < -0.39 is 0 Å². The van der Waals surface area contributed by atoms with Crippen LogP contribution in [-0.2, 0) is 6.54 Å². The van der Waals surface area contributed by atoms with Crippen molar-refractivity contribution in [2.24, 2.45) is 5.84 Å². The summed E-state index contributed by atoms with van der Waals surface area (Å²) < 4.78 is 1.78. The fourth-order valence-corrected chi connectivity index (χ4v) is 1.07. The topological polar surface area (TPSA) is 81.6 Å². The minimum atomic E-state index is 0.550. The molecule has 0 bridgehead atoms. The zero-order valence-electron chi connectivity index (χ0n) is 7.46. The van der Waals surface area contributed by atoms with E-state index in [1.54, 1.807) is 23.3 Å². The van der Waals surface area contributed by atoms with Crippen molar-refractivity contribution >= 4 is 5.82 Å². The molecule has 2 aromatic rings. The highest BCUT2D eigenvalue weighted by molar-refractivity contribution is 5.28. The Morgan fingerprint density at radius 2 is 2.29 bits per heavy atom. The molecule has 3 N–H and O–H groups in total. The van der Waals surface area contributed by atoms with Crippen LogP contribution in [-0.4, -0.2) is 19.7 Å². The second-order valence-corrected chi connectivity index (χ2v) is 2.74. The highest BCUT2D eigenvalue weighted by Gasteiger charge is 1.97. The van der Waals surface area contributed by atoms with E-state index in [1.165, 1.54) is 0 Å². The van der Waals surface area contributed by atoms with Gasteiger partial charge in [-0.2, -0.15) is 5.10 Å². The first kappa shape index (κ1) is 8.64. The molecule has 0 unspecified atom stereocenters. The molecular formula is C8H10N6. The fraction of sp³-hybridized carbons (Fsp3) is 0.125. The molecule has 0 spiro atoms. The molecule has 0 saturated carbocycles. The first-order chi connectivity index (χ1) is 6.88. The first-order valence-electron chi connectivity index (χ1n) is 4.13. The maximum Gasteiger partial charge on any atom is 0.158 e. The molecule has 2 heterocycles. The van der Waals surface area contributed by atoms with E-state index in [-0.39, 0.29) is 0 Å². The Labute approximate surface area is 80.8 Å². The second-order valence-electron chi connectivity index (χ2n) is 2.74. The van der Waals surface area contributed by atoms with Crippen molar-refractivity contribution in [1.82, 2.24) is 19.7 Å². The Morgan fingerprint density at radius 3 is 2.86 bits per heavy atom. The summed E-state index contributed by atoms with van der Waals surface area (Å²) in [5.74, 6) is 5.72. The maximum atomic E-state index is 5.17. The fourth-order valence-electron chi connectivity index (χ4n) is 1.07. The molecule has 72 valence electrons. The summed E-state index contributed by atoms with van der Waals surface area (Å²) in [7, 11) is 0. The van der Waals surface area contributed by atoms with Crippen LogP contribution in [0, 0.1) is 0 Å². The zero-order chi connectivity index (χ0) is 9.80. The van der Waals surface area contributed by atoms with E-state index in [0.717, 1.165) is 5.69 Å². The lowest BCUT2D eigenvalue weighted by Crippen LogP contribution is -2.10. The minimum absolute atomic E-state index is 0.550. The van der Waals surface area contributed by atoms with Crippen LogP contribution in [0.1, 0.15) is 5.69 Å². The molecular weight excluding hydrogens is 180 g/mol. The molecule has 6 heteroatoms. The molecule has 0 radical (unpaired) electrons. The summed E-state index contributed by atoms with van der Waals surface area (Å²) in [6.45, 7) is 0.616. The highest BCUT2D eigenvalue weighted by atomic mass is 15.3. The van der Waals surface area contributed by atoms with E-state index in [0.29, 0.717) is 12.4 Å². The number of nitrogen functional groups attached to an aromatic ring is 1. The third-order valence-electron chi connectivity index (χ3n) is 1.74. The SMILES string of the molecule is NNc1cnc(Cn2cccn2)cn1. The van der Waals surface area contributed by atoms with Crippen LogP contribution in [0.2, 0.25) is 0 Å². The Kier molecular flexibility index (Phi) is 2.37. The summed E-state index contributed by atoms with van der Waals surface area (Å²) in [5.41, 5.74) is 3.26. The highest BCUT2D eigenvalue weighted by Crippen LogP contribution is 2.00. The third-order valence-corrected chi connectivity index (χ3v) is 1.74. The number of nitrogens with one attached hydrogen (secondary N) is 1. The van der Waals surface area contributed by atoms with Gasteiger partial charge < -0.3 is 5.43 Å². The summed E-state index contributed by atoms with van der Waals surface area (Å²) in [5, 5.41) is 4.06. The van der Waals surface area contributed by atoms with Gasteiger partial charge in [-0.25, -0.2) is 10.8 Å². The summed E-state index contributed by atoms with van der Waals surface area (Å²) in [6, 6.07) is 1.86. The van der Waals surface area contributed by atoms with Gasteiger partial charge in [0.2, 0.25) is 0 Å². The predicted molar refractivity (Wildman–Crippen MR) is 51.2 cm³/mol. The average Bonchev–Trinajstić information content (AvgIpc) is 2.72. The van der Waals surface area contributed by atoms with Gasteiger partial charge in [-0.15, -0.1) is 0 Å². The van der Waals surface area contributed by atoms with Crippen LogP contribution in [0.15, 0.2) is 30.9 Å². The molecule has 0 aliphatic carbocycles. The molecule has 0 fully saturated rings. The number of nitrogens with two attached hydrogens (primary N) is 1. The smallest absolute Gasteiger partial charge is 0.158 e. The quantitative estimate of drug-likeness (QED) is 0.526. The maximum absolute atomic E-state index is 5.17. The van der Waals surface area contributed by atoms with Crippen molar-refractivity contribution in [2.75, 3.05) is 5.43 Å². The number of hydrogen-bond acceptors (Lipinski definition) is 5. The van der Waals surface area contributed by atoms with Crippen molar-refractivity contribution in [3.8, 4) is 0 Å². The Hall–Kier alpha value is -1.95. The molecule has 0 amide bonds. The van der Waals surface area contributed by atoms with Crippen LogP contribution in [0.3, 0.4) is 0 Å². The average molecular weight is 190 g/mol. The zero-order valence-corrected chi connectivity index (χ0v) is 7.46. The molecule has 0 aliphatic rings.